The zero-order valence-electron chi connectivity index (χ0n) is 10.6. The maximum Gasteiger partial charge on any atom is 0.316 e. The molecule has 1 atom stereocenters. The van der Waals surface area contributed by atoms with Gasteiger partial charge in [0.15, 0.2) is 0 Å². The molecule has 0 aliphatic carbocycles. The van der Waals surface area contributed by atoms with Crippen LogP contribution in [0.2, 0.25) is 5.02 Å². The number of rotatable bonds is 6. The van der Waals surface area contributed by atoms with Crippen molar-refractivity contribution in [2.45, 2.75) is 19.4 Å². The Labute approximate surface area is 117 Å². The average Bonchev–Trinajstić information content (AvgIpc) is 2.46. The van der Waals surface area contributed by atoms with Gasteiger partial charge in [0, 0.05) is 12.4 Å². The molecule has 0 saturated carbocycles. The molecule has 0 aliphatic heterocycles. The lowest BCUT2D eigenvalue weighted by molar-refractivity contribution is 0.115. The van der Waals surface area contributed by atoms with E-state index in [0.717, 1.165) is 6.42 Å². The van der Waals surface area contributed by atoms with Crippen LogP contribution in [0.15, 0.2) is 42.7 Å². The second-order valence-corrected chi connectivity index (χ2v) is 4.33. The number of nitrogens with zero attached hydrogens (tertiary/aromatic N) is 2. The minimum absolute atomic E-state index is 0.112. The highest BCUT2D eigenvalue weighted by Gasteiger charge is 2.11. The SMILES string of the molecule is CCC(COc1ccccc1Cl)Oc1ncccn1. The molecule has 0 aliphatic rings. The summed E-state index contributed by atoms with van der Waals surface area (Å²) in [6.07, 6.45) is 3.97. The summed E-state index contributed by atoms with van der Waals surface area (Å²) in [6.45, 7) is 2.42. The number of aromatic nitrogens is 2. The van der Waals surface area contributed by atoms with E-state index in [-0.39, 0.29) is 6.10 Å². The molecule has 0 radical (unpaired) electrons. The van der Waals surface area contributed by atoms with Crippen LogP contribution in [-0.4, -0.2) is 22.7 Å². The Morgan fingerprint density at radius 3 is 2.58 bits per heavy atom. The van der Waals surface area contributed by atoms with Crippen molar-refractivity contribution in [1.82, 2.24) is 9.97 Å². The molecule has 0 spiro atoms. The molecule has 2 rings (SSSR count). The van der Waals surface area contributed by atoms with Crippen LogP contribution in [0.3, 0.4) is 0 Å². The van der Waals surface area contributed by atoms with Gasteiger partial charge in [0.2, 0.25) is 0 Å². The van der Waals surface area contributed by atoms with Gasteiger partial charge >= 0.3 is 6.01 Å². The van der Waals surface area contributed by atoms with E-state index in [4.69, 9.17) is 21.1 Å². The van der Waals surface area contributed by atoms with Gasteiger partial charge in [-0.1, -0.05) is 30.7 Å². The van der Waals surface area contributed by atoms with E-state index in [2.05, 4.69) is 9.97 Å². The second-order valence-electron chi connectivity index (χ2n) is 3.92. The van der Waals surface area contributed by atoms with E-state index in [9.17, 15) is 0 Å². The molecular weight excluding hydrogens is 264 g/mol. The van der Waals surface area contributed by atoms with E-state index in [1.165, 1.54) is 0 Å². The van der Waals surface area contributed by atoms with Crippen LogP contribution in [0.25, 0.3) is 0 Å². The Kier molecular flexibility index (Phi) is 4.98. The number of hydrogen-bond donors (Lipinski definition) is 0. The van der Waals surface area contributed by atoms with Crippen molar-refractivity contribution in [3.8, 4) is 11.8 Å². The molecular formula is C14H15ClN2O2. The topological polar surface area (TPSA) is 44.2 Å². The molecule has 4 nitrogen and oxygen atoms in total. The molecule has 0 saturated heterocycles. The molecule has 0 fully saturated rings. The summed E-state index contributed by atoms with van der Waals surface area (Å²) in [5, 5.41) is 0.591. The summed E-state index contributed by atoms with van der Waals surface area (Å²) < 4.78 is 11.3. The van der Waals surface area contributed by atoms with Crippen LogP contribution in [-0.2, 0) is 0 Å². The first-order valence-corrected chi connectivity index (χ1v) is 6.48. The van der Waals surface area contributed by atoms with E-state index in [1.807, 2.05) is 25.1 Å². The molecule has 0 bridgehead atoms. The minimum atomic E-state index is -0.112. The monoisotopic (exact) mass is 278 g/mol. The van der Waals surface area contributed by atoms with Crippen molar-refractivity contribution in [3.63, 3.8) is 0 Å². The van der Waals surface area contributed by atoms with Gasteiger partial charge in [-0.25, -0.2) is 9.97 Å². The summed E-state index contributed by atoms with van der Waals surface area (Å²) in [6, 6.07) is 9.46. The zero-order valence-corrected chi connectivity index (χ0v) is 11.4. The first kappa shape index (κ1) is 13.6. The molecule has 2 aromatic rings. The Hall–Kier alpha value is -1.81. The van der Waals surface area contributed by atoms with Crippen LogP contribution in [0.4, 0.5) is 0 Å². The lowest BCUT2D eigenvalue weighted by atomic mass is 10.3. The predicted molar refractivity (Wildman–Crippen MR) is 73.7 cm³/mol. The van der Waals surface area contributed by atoms with Gasteiger partial charge in [0.05, 0.1) is 5.02 Å². The highest BCUT2D eigenvalue weighted by molar-refractivity contribution is 6.32. The predicted octanol–water partition coefficient (Wildman–Crippen LogP) is 3.37. The quantitative estimate of drug-likeness (QED) is 0.813. The summed E-state index contributed by atoms with van der Waals surface area (Å²) in [7, 11) is 0. The number of hydrogen-bond acceptors (Lipinski definition) is 4. The normalized spacial score (nSPS) is 11.9. The molecule has 0 N–H and O–H groups in total. The highest BCUT2D eigenvalue weighted by Crippen LogP contribution is 2.23. The van der Waals surface area contributed by atoms with E-state index < -0.39 is 0 Å². The third-order valence-corrected chi connectivity index (χ3v) is 2.84. The van der Waals surface area contributed by atoms with Gasteiger partial charge in [0.1, 0.15) is 18.5 Å². The highest BCUT2D eigenvalue weighted by atomic mass is 35.5. The van der Waals surface area contributed by atoms with Gasteiger partial charge in [-0.2, -0.15) is 0 Å². The molecule has 19 heavy (non-hydrogen) atoms. The number of para-hydroxylation sites is 1. The number of benzene rings is 1. The van der Waals surface area contributed by atoms with Gasteiger partial charge < -0.3 is 9.47 Å². The van der Waals surface area contributed by atoms with Crippen LogP contribution < -0.4 is 9.47 Å². The van der Waals surface area contributed by atoms with Gasteiger partial charge in [0.25, 0.3) is 0 Å². The van der Waals surface area contributed by atoms with Crippen molar-refractivity contribution in [1.29, 1.82) is 0 Å². The van der Waals surface area contributed by atoms with Crippen LogP contribution in [0, 0.1) is 0 Å². The molecule has 1 heterocycles. The molecule has 1 aromatic carbocycles. The summed E-state index contributed by atoms with van der Waals surface area (Å²) in [5.41, 5.74) is 0. The van der Waals surface area contributed by atoms with Gasteiger partial charge in [-0.3, -0.25) is 0 Å². The van der Waals surface area contributed by atoms with Crippen LogP contribution in [0.1, 0.15) is 13.3 Å². The first-order valence-electron chi connectivity index (χ1n) is 6.10. The maximum absolute atomic E-state index is 6.02. The molecule has 1 aromatic heterocycles. The fraction of sp³-hybridized carbons (Fsp3) is 0.286. The second kappa shape index (κ2) is 6.95. The fourth-order valence-electron chi connectivity index (χ4n) is 1.48. The van der Waals surface area contributed by atoms with Crippen LogP contribution in [0.5, 0.6) is 11.8 Å². The standard InChI is InChI=1S/C14H15ClN2O2/c1-2-11(19-14-16-8-5-9-17-14)10-18-13-7-4-3-6-12(13)15/h3-9,11H,2,10H2,1H3. The van der Waals surface area contributed by atoms with Gasteiger partial charge in [-0.15, -0.1) is 0 Å². The minimum Gasteiger partial charge on any atom is -0.488 e. The molecule has 0 amide bonds. The molecule has 100 valence electrons. The lowest BCUT2D eigenvalue weighted by Gasteiger charge is -2.17. The maximum atomic E-state index is 6.02. The largest absolute Gasteiger partial charge is 0.488 e. The number of ether oxygens (including phenoxy) is 2. The Morgan fingerprint density at radius 1 is 1.16 bits per heavy atom. The van der Waals surface area contributed by atoms with Gasteiger partial charge in [-0.05, 0) is 24.6 Å². The van der Waals surface area contributed by atoms with Crippen LogP contribution >= 0.6 is 11.6 Å². The fourth-order valence-corrected chi connectivity index (χ4v) is 1.67. The summed E-state index contributed by atoms with van der Waals surface area (Å²) in [4.78, 5) is 8.05. The van der Waals surface area contributed by atoms with Crippen molar-refractivity contribution in [3.05, 3.63) is 47.7 Å². The Balaban J connectivity index is 1.91. The molecule has 5 heteroatoms. The van der Waals surface area contributed by atoms with Crippen molar-refractivity contribution < 1.29 is 9.47 Å². The van der Waals surface area contributed by atoms with E-state index in [1.54, 1.807) is 24.5 Å². The first-order chi connectivity index (χ1) is 9.29. The lowest BCUT2D eigenvalue weighted by Crippen LogP contribution is -2.24. The van der Waals surface area contributed by atoms with Crippen molar-refractivity contribution in [2.75, 3.05) is 6.61 Å². The third kappa shape index (κ3) is 4.10. The number of halogens is 1. The molecule has 1 unspecified atom stereocenters. The summed E-state index contributed by atoms with van der Waals surface area (Å²) in [5.74, 6) is 0.653. The van der Waals surface area contributed by atoms with E-state index >= 15 is 0 Å². The van der Waals surface area contributed by atoms with E-state index in [0.29, 0.717) is 23.4 Å². The average molecular weight is 279 g/mol. The zero-order chi connectivity index (χ0) is 13.5. The third-order valence-electron chi connectivity index (χ3n) is 2.53. The smallest absolute Gasteiger partial charge is 0.316 e. The Bertz CT molecular complexity index is 508. The van der Waals surface area contributed by atoms with Crippen molar-refractivity contribution >= 4 is 11.6 Å². The van der Waals surface area contributed by atoms with Crippen molar-refractivity contribution in [2.24, 2.45) is 0 Å². The summed E-state index contributed by atoms with van der Waals surface area (Å²) >= 11 is 6.02. The Morgan fingerprint density at radius 2 is 1.89 bits per heavy atom.